The molecule has 1 aromatic heterocycles. The van der Waals surface area contributed by atoms with Gasteiger partial charge < -0.3 is 10.6 Å². The molecule has 0 saturated carbocycles. The highest BCUT2D eigenvalue weighted by molar-refractivity contribution is 14.0. The average molecular weight is 531 g/mol. The molecular formula is C18H35IN4O2S2. The summed E-state index contributed by atoms with van der Waals surface area (Å²) < 4.78 is 25.9. The van der Waals surface area contributed by atoms with E-state index < -0.39 is 10.0 Å². The van der Waals surface area contributed by atoms with Crippen LogP contribution in [-0.4, -0.2) is 45.4 Å². The first-order valence-corrected chi connectivity index (χ1v) is 11.3. The topological polar surface area (TPSA) is 73.8 Å². The highest BCUT2D eigenvalue weighted by atomic mass is 127. The molecule has 0 spiro atoms. The minimum Gasteiger partial charge on any atom is -0.357 e. The molecule has 1 unspecified atom stereocenters. The van der Waals surface area contributed by atoms with Crippen LogP contribution in [0.1, 0.15) is 52.3 Å². The van der Waals surface area contributed by atoms with Gasteiger partial charge in [0.2, 0.25) is 0 Å². The molecule has 0 radical (unpaired) electrons. The van der Waals surface area contributed by atoms with Crippen LogP contribution in [0.4, 0.5) is 0 Å². The van der Waals surface area contributed by atoms with Crippen molar-refractivity contribution in [2.45, 2.75) is 64.3 Å². The van der Waals surface area contributed by atoms with E-state index in [4.69, 9.17) is 0 Å². The molecule has 0 saturated heterocycles. The number of halogens is 1. The summed E-state index contributed by atoms with van der Waals surface area (Å²) in [6.45, 7) is 12.2. The molecule has 2 N–H and O–H groups in total. The van der Waals surface area contributed by atoms with Crippen molar-refractivity contribution in [1.82, 2.24) is 14.9 Å². The zero-order valence-electron chi connectivity index (χ0n) is 17.5. The largest absolute Gasteiger partial charge is 0.357 e. The van der Waals surface area contributed by atoms with Gasteiger partial charge in [-0.05, 0) is 44.2 Å². The maximum Gasteiger partial charge on any atom is 0.252 e. The third kappa shape index (κ3) is 9.58. The maximum atomic E-state index is 12.2. The monoisotopic (exact) mass is 530 g/mol. The molecule has 1 aromatic rings. The van der Waals surface area contributed by atoms with Crippen molar-refractivity contribution in [3.05, 3.63) is 17.0 Å². The lowest BCUT2D eigenvalue weighted by molar-refractivity contribution is 0.346. The number of guanidine groups is 1. The molecule has 0 fully saturated rings. The first-order chi connectivity index (χ1) is 12.0. The van der Waals surface area contributed by atoms with Crippen molar-refractivity contribution in [3.63, 3.8) is 0 Å². The third-order valence-electron chi connectivity index (χ3n) is 3.82. The zero-order valence-corrected chi connectivity index (χ0v) is 21.5. The van der Waals surface area contributed by atoms with E-state index in [1.807, 2.05) is 13.0 Å². The molecule has 6 nitrogen and oxygen atoms in total. The number of thiophene rings is 1. The fourth-order valence-corrected chi connectivity index (χ4v) is 4.64. The molecule has 1 atom stereocenters. The van der Waals surface area contributed by atoms with Gasteiger partial charge in [0.1, 0.15) is 4.21 Å². The van der Waals surface area contributed by atoms with Gasteiger partial charge >= 0.3 is 0 Å². The van der Waals surface area contributed by atoms with Crippen LogP contribution in [0, 0.1) is 5.41 Å². The fraction of sp³-hybridized carbons (Fsp3) is 0.722. The van der Waals surface area contributed by atoms with Crippen molar-refractivity contribution >= 4 is 51.3 Å². The highest BCUT2D eigenvalue weighted by Crippen LogP contribution is 2.24. The predicted octanol–water partition coefficient (Wildman–Crippen LogP) is 3.89. The summed E-state index contributed by atoms with van der Waals surface area (Å²) in [7, 11) is -0.292. The van der Waals surface area contributed by atoms with Crippen LogP contribution in [-0.2, 0) is 16.6 Å². The summed E-state index contributed by atoms with van der Waals surface area (Å²) in [5.74, 6) is 0.763. The second-order valence-corrected chi connectivity index (χ2v) is 11.4. The van der Waals surface area contributed by atoms with E-state index in [9.17, 15) is 8.42 Å². The Labute approximate surface area is 186 Å². The molecule has 158 valence electrons. The average Bonchev–Trinajstić information content (AvgIpc) is 2.99. The third-order valence-corrected chi connectivity index (χ3v) is 7.17. The Morgan fingerprint density at radius 1 is 1.30 bits per heavy atom. The van der Waals surface area contributed by atoms with Crippen molar-refractivity contribution in [2.24, 2.45) is 10.4 Å². The molecule has 0 aliphatic heterocycles. The molecule has 1 heterocycles. The Kier molecular flexibility index (Phi) is 11.4. The van der Waals surface area contributed by atoms with Crippen molar-refractivity contribution in [1.29, 1.82) is 0 Å². The van der Waals surface area contributed by atoms with Gasteiger partial charge in [-0.25, -0.2) is 17.7 Å². The van der Waals surface area contributed by atoms with E-state index >= 15 is 0 Å². The molecule has 0 amide bonds. The summed E-state index contributed by atoms with van der Waals surface area (Å²) in [6, 6.07) is 3.80. The first-order valence-electron chi connectivity index (χ1n) is 9.02. The summed E-state index contributed by atoms with van der Waals surface area (Å²) >= 11 is 1.27. The van der Waals surface area contributed by atoms with Crippen LogP contribution < -0.4 is 10.6 Å². The molecule has 0 aliphatic carbocycles. The second-order valence-electron chi connectivity index (χ2n) is 7.85. The van der Waals surface area contributed by atoms with Gasteiger partial charge in [0.15, 0.2) is 5.96 Å². The minimum absolute atomic E-state index is 0. The summed E-state index contributed by atoms with van der Waals surface area (Å²) in [5.41, 5.74) is 0.316. The lowest BCUT2D eigenvalue weighted by Gasteiger charge is -2.23. The molecule has 0 aliphatic rings. The summed E-state index contributed by atoms with van der Waals surface area (Å²) in [4.78, 5) is 5.53. The Morgan fingerprint density at radius 2 is 1.93 bits per heavy atom. The Bertz CT molecular complexity index is 694. The van der Waals surface area contributed by atoms with Crippen molar-refractivity contribution < 1.29 is 8.42 Å². The molecule has 1 rings (SSSR count). The van der Waals surface area contributed by atoms with Crippen molar-refractivity contribution in [2.75, 3.05) is 20.6 Å². The first kappa shape index (κ1) is 26.6. The van der Waals surface area contributed by atoms with Crippen LogP contribution in [0.5, 0.6) is 0 Å². The Hall–Kier alpha value is -0.390. The molecule has 27 heavy (non-hydrogen) atoms. The van der Waals surface area contributed by atoms with Crippen LogP contribution >= 0.6 is 35.3 Å². The lowest BCUT2D eigenvalue weighted by atomic mass is 9.89. The predicted molar refractivity (Wildman–Crippen MR) is 127 cm³/mol. The smallest absolute Gasteiger partial charge is 0.252 e. The van der Waals surface area contributed by atoms with Gasteiger partial charge in [-0.15, -0.1) is 35.3 Å². The number of rotatable bonds is 8. The normalized spacial score (nSPS) is 14.0. The Balaban J connectivity index is 0.00000676. The van der Waals surface area contributed by atoms with Gasteiger partial charge in [-0.3, -0.25) is 0 Å². The second kappa shape index (κ2) is 11.6. The van der Waals surface area contributed by atoms with E-state index in [-0.39, 0.29) is 24.0 Å². The number of hydrogen-bond acceptors (Lipinski definition) is 4. The quantitative estimate of drug-likeness (QED) is 0.304. The standard InChI is InChI=1S/C18H34N4O2S2.HI/c1-8-19-17(21-14(2)11-12-18(3,4)5)20-13-15-9-10-16(25-15)26(23,24)22(6)7;/h9-10,14H,8,11-13H2,1-7H3,(H2,19,20,21);1H. The summed E-state index contributed by atoms with van der Waals surface area (Å²) in [5, 5.41) is 6.69. The number of nitrogens with one attached hydrogen (secondary N) is 2. The van der Waals surface area contributed by atoms with E-state index in [1.54, 1.807) is 20.2 Å². The Morgan fingerprint density at radius 3 is 2.44 bits per heavy atom. The lowest BCUT2D eigenvalue weighted by Crippen LogP contribution is -2.42. The van der Waals surface area contributed by atoms with Crippen LogP contribution in [0.15, 0.2) is 21.3 Å². The highest BCUT2D eigenvalue weighted by Gasteiger charge is 2.19. The zero-order chi connectivity index (χ0) is 20.0. The van der Waals surface area contributed by atoms with Gasteiger partial charge in [0, 0.05) is 31.6 Å². The van der Waals surface area contributed by atoms with Crippen LogP contribution in [0.2, 0.25) is 0 Å². The van der Waals surface area contributed by atoms with E-state index in [0.717, 1.165) is 30.2 Å². The fourth-order valence-electron chi connectivity index (χ4n) is 2.19. The molecule has 0 aromatic carbocycles. The number of sulfonamides is 1. The van der Waals surface area contributed by atoms with Gasteiger partial charge in [-0.2, -0.15) is 0 Å². The van der Waals surface area contributed by atoms with Gasteiger partial charge in [-0.1, -0.05) is 20.8 Å². The van der Waals surface area contributed by atoms with Crippen molar-refractivity contribution in [3.8, 4) is 0 Å². The van der Waals surface area contributed by atoms with Gasteiger partial charge in [0.05, 0.1) is 6.54 Å². The maximum absolute atomic E-state index is 12.2. The summed E-state index contributed by atoms with van der Waals surface area (Å²) in [6.07, 6.45) is 2.20. The molecule has 9 heteroatoms. The van der Waals surface area contributed by atoms with Gasteiger partial charge in [0.25, 0.3) is 10.0 Å². The molecular weight excluding hydrogens is 495 g/mol. The number of aliphatic imine (C=N–C) groups is 1. The van der Waals surface area contributed by atoms with E-state index in [0.29, 0.717) is 22.2 Å². The van der Waals surface area contributed by atoms with E-state index in [2.05, 4.69) is 43.3 Å². The number of hydrogen-bond donors (Lipinski definition) is 2. The number of nitrogens with zero attached hydrogens (tertiary/aromatic N) is 2. The molecule has 0 bridgehead atoms. The SMILES string of the molecule is CCNC(=NCc1ccc(S(=O)(=O)N(C)C)s1)NC(C)CCC(C)(C)C.I. The van der Waals surface area contributed by atoms with Crippen LogP contribution in [0.25, 0.3) is 0 Å². The van der Waals surface area contributed by atoms with Crippen LogP contribution in [0.3, 0.4) is 0 Å². The minimum atomic E-state index is -3.37. The van der Waals surface area contributed by atoms with E-state index in [1.165, 1.54) is 15.6 Å².